The zero-order valence-electron chi connectivity index (χ0n) is 19.0. The molecule has 4 N–H and O–H groups in total. The first-order valence-corrected chi connectivity index (χ1v) is 10.9. The summed E-state index contributed by atoms with van der Waals surface area (Å²) in [4.78, 5) is 42.1. The minimum absolute atomic E-state index is 0.0791. The Balaban J connectivity index is 1.63. The quantitative estimate of drug-likeness (QED) is 0.413. The lowest BCUT2D eigenvalue weighted by atomic mass is 10.1. The average Bonchev–Trinajstić information content (AvgIpc) is 2.85. The number of aromatic nitrogens is 2. The normalized spacial score (nSPS) is 10.8. The molecule has 4 rings (SSSR count). The maximum Gasteiger partial charge on any atom is 0.258 e. The van der Waals surface area contributed by atoms with Crippen molar-refractivity contribution in [1.82, 2.24) is 14.9 Å². The summed E-state index contributed by atoms with van der Waals surface area (Å²) in [5.74, 6) is -0.538. The van der Waals surface area contributed by atoms with E-state index in [1.54, 1.807) is 16.7 Å². The number of nitrogen functional groups attached to an aromatic ring is 1. The molecule has 172 valence electrons. The Morgan fingerprint density at radius 1 is 1.00 bits per heavy atom. The van der Waals surface area contributed by atoms with E-state index in [9.17, 15) is 14.4 Å². The van der Waals surface area contributed by atoms with Gasteiger partial charge in [0.1, 0.15) is 17.0 Å². The summed E-state index contributed by atoms with van der Waals surface area (Å²) < 4.78 is 1.66. The molecule has 0 radical (unpaired) electrons. The first-order valence-electron chi connectivity index (χ1n) is 10.9. The van der Waals surface area contributed by atoms with Crippen molar-refractivity contribution < 1.29 is 9.59 Å². The molecule has 0 saturated heterocycles. The molecule has 2 amide bonds. The fraction of sp³-hybridized carbons (Fsp3) is 0.154. The Morgan fingerprint density at radius 3 is 2.35 bits per heavy atom. The van der Waals surface area contributed by atoms with Crippen LogP contribution in [-0.4, -0.2) is 28.4 Å². The van der Waals surface area contributed by atoms with Crippen molar-refractivity contribution in [2.24, 2.45) is 0 Å². The highest BCUT2D eigenvalue weighted by atomic mass is 16.2. The molecule has 0 aliphatic rings. The van der Waals surface area contributed by atoms with Crippen molar-refractivity contribution in [3.05, 3.63) is 88.1 Å². The molecule has 8 heteroatoms. The van der Waals surface area contributed by atoms with Gasteiger partial charge in [-0.3, -0.25) is 14.4 Å². The second kappa shape index (κ2) is 9.58. The molecule has 8 nitrogen and oxygen atoms in total. The van der Waals surface area contributed by atoms with Crippen LogP contribution in [0.4, 0.5) is 11.5 Å². The molecule has 2 heterocycles. The number of benzene rings is 2. The molecule has 0 aliphatic heterocycles. The molecule has 0 aliphatic carbocycles. The van der Waals surface area contributed by atoms with Gasteiger partial charge in [-0.15, -0.1) is 0 Å². The lowest BCUT2D eigenvalue weighted by Gasteiger charge is -2.15. The van der Waals surface area contributed by atoms with Gasteiger partial charge in [0.2, 0.25) is 11.3 Å². The van der Waals surface area contributed by atoms with Crippen LogP contribution in [0.25, 0.3) is 22.3 Å². The van der Waals surface area contributed by atoms with Crippen molar-refractivity contribution in [1.29, 1.82) is 0 Å². The van der Waals surface area contributed by atoms with E-state index in [2.05, 4.69) is 15.6 Å². The van der Waals surface area contributed by atoms with Crippen molar-refractivity contribution in [3.63, 3.8) is 0 Å². The summed E-state index contributed by atoms with van der Waals surface area (Å²) in [6.07, 6.45) is 0.245. The van der Waals surface area contributed by atoms with Gasteiger partial charge in [0.15, 0.2) is 0 Å². The fourth-order valence-electron chi connectivity index (χ4n) is 3.86. The Bertz CT molecular complexity index is 1430. The van der Waals surface area contributed by atoms with Crippen molar-refractivity contribution in [3.8, 4) is 11.3 Å². The molecule has 34 heavy (non-hydrogen) atoms. The summed E-state index contributed by atoms with van der Waals surface area (Å²) in [5.41, 5.74) is 9.17. The third kappa shape index (κ3) is 4.38. The van der Waals surface area contributed by atoms with Crippen molar-refractivity contribution in [2.75, 3.05) is 18.1 Å². The van der Waals surface area contributed by atoms with Crippen molar-refractivity contribution >= 4 is 34.4 Å². The number of rotatable bonds is 6. The van der Waals surface area contributed by atoms with Gasteiger partial charge in [0.25, 0.3) is 5.91 Å². The van der Waals surface area contributed by atoms with E-state index in [1.807, 2.05) is 61.5 Å². The molecular weight excluding hydrogens is 430 g/mol. The Morgan fingerprint density at radius 2 is 1.71 bits per heavy atom. The Kier molecular flexibility index (Phi) is 6.40. The zero-order chi connectivity index (χ0) is 24.2. The number of nitrogens with two attached hydrogens (primary N) is 1. The number of nitrogens with zero attached hydrogens (tertiary/aromatic N) is 2. The van der Waals surface area contributed by atoms with Gasteiger partial charge in [-0.2, -0.15) is 0 Å². The number of nitrogens with one attached hydrogen (secondary N) is 2. The van der Waals surface area contributed by atoms with Crippen LogP contribution in [0.15, 0.2) is 71.5 Å². The molecule has 0 fully saturated rings. The SMILES string of the molecule is CCn1c(N)c(C(=O)NC)c(=O)c2ccc(-c3ccc(CC(=O)Nc4ccccc4)cc3)nc21. The number of carbonyl (C=O) groups is 2. The predicted octanol–water partition coefficient (Wildman–Crippen LogP) is 3.21. The summed E-state index contributed by atoms with van der Waals surface area (Å²) in [6, 6.07) is 20.2. The van der Waals surface area contributed by atoms with Gasteiger partial charge >= 0.3 is 0 Å². The molecule has 0 bridgehead atoms. The number of aryl methyl sites for hydroxylation is 1. The van der Waals surface area contributed by atoms with E-state index in [0.717, 1.165) is 16.8 Å². The first-order chi connectivity index (χ1) is 16.4. The second-order valence-corrected chi connectivity index (χ2v) is 7.77. The van der Waals surface area contributed by atoms with Crippen LogP contribution < -0.4 is 21.8 Å². The number of hydrogen-bond acceptors (Lipinski definition) is 5. The largest absolute Gasteiger partial charge is 0.384 e. The minimum Gasteiger partial charge on any atom is -0.384 e. The summed E-state index contributed by atoms with van der Waals surface area (Å²) in [6.45, 7) is 2.32. The Hall–Kier alpha value is -4.46. The van der Waals surface area contributed by atoms with E-state index in [4.69, 9.17) is 5.73 Å². The lowest BCUT2D eigenvalue weighted by Crippen LogP contribution is -2.30. The number of hydrogen-bond donors (Lipinski definition) is 3. The molecule has 0 atom stereocenters. The van der Waals surface area contributed by atoms with Gasteiger partial charge in [-0.1, -0.05) is 42.5 Å². The standard InChI is InChI=1S/C26H25N5O3/c1-3-31-24(27)22(26(34)28-2)23(33)19-13-14-20(30-25(19)31)17-11-9-16(10-12-17)15-21(32)29-18-7-5-4-6-8-18/h4-14H,3,15,27H2,1-2H3,(H,28,34)(H,29,32). The number of fused-ring (bicyclic) bond motifs is 1. The number of para-hydroxylation sites is 1. The van der Waals surface area contributed by atoms with Gasteiger partial charge in [0, 0.05) is 24.8 Å². The molecule has 2 aromatic carbocycles. The third-order valence-electron chi connectivity index (χ3n) is 5.59. The van der Waals surface area contributed by atoms with Crippen LogP contribution in [0.3, 0.4) is 0 Å². The lowest BCUT2D eigenvalue weighted by molar-refractivity contribution is -0.115. The highest BCUT2D eigenvalue weighted by molar-refractivity contribution is 6.01. The first kappa shape index (κ1) is 22.7. The smallest absolute Gasteiger partial charge is 0.258 e. The molecule has 0 unspecified atom stereocenters. The van der Waals surface area contributed by atoms with Crippen LogP contribution in [0.5, 0.6) is 0 Å². The monoisotopic (exact) mass is 455 g/mol. The zero-order valence-corrected chi connectivity index (χ0v) is 19.0. The molecule has 4 aromatic rings. The predicted molar refractivity (Wildman–Crippen MR) is 134 cm³/mol. The molecule has 0 saturated carbocycles. The second-order valence-electron chi connectivity index (χ2n) is 7.77. The van der Waals surface area contributed by atoms with Crippen LogP contribution in [0.1, 0.15) is 22.8 Å². The van der Waals surface area contributed by atoms with Crippen LogP contribution in [-0.2, 0) is 17.8 Å². The van der Waals surface area contributed by atoms with E-state index >= 15 is 0 Å². The van der Waals surface area contributed by atoms with E-state index in [1.165, 1.54) is 7.05 Å². The summed E-state index contributed by atoms with van der Waals surface area (Å²) in [7, 11) is 1.46. The fourth-order valence-corrected chi connectivity index (χ4v) is 3.86. The topological polar surface area (TPSA) is 119 Å². The van der Waals surface area contributed by atoms with E-state index < -0.39 is 11.3 Å². The number of anilines is 2. The van der Waals surface area contributed by atoms with E-state index in [0.29, 0.717) is 23.3 Å². The maximum atomic E-state index is 12.9. The molecular formula is C26H25N5O3. The number of pyridine rings is 2. The number of carbonyl (C=O) groups excluding carboxylic acids is 2. The third-order valence-corrected chi connectivity index (χ3v) is 5.59. The summed E-state index contributed by atoms with van der Waals surface area (Å²) in [5, 5.41) is 5.67. The summed E-state index contributed by atoms with van der Waals surface area (Å²) >= 11 is 0. The Labute approximate surface area is 196 Å². The van der Waals surface area contributed by atoms with Gasteiger partial charge < -0.3 is 20.9 Å². The minimum atomic E-state index is -0.525. The van der Waals surface area contributed by atoms with Crippen LogP contribution in [0.2, 0.25) is 0 Å². The highest BCUT2D eigenvalue weighted by Gasteiger charge is 2.20. The van der Waals surface area contributed by atoms with E-state index in [-0.39, 0.29) is 23.7 Å². The average molecular weight is 456 g/mol. The molecule has 2 aromatic heterocycles. The number of amides is 2. The van der Waals surface area contributed by atoms with Crippen LogP contribution >= 0.6 is 0 Å². The maximum absolute atomic E-state index is 12.9. The molecule has 0 spiro atoms. The highest BCUT2D eigenvalue weighted by Crippen LogP contribution is 2.23. The van der Waals surface area contributed by atoms with Gasteiger partial charge in [-0.25, -0.2) is 4.98 Å². The van der Waals surface area contributed by atoms with Crippen LogP contribution in [0, 0.1) is 0 Å². The van der Waals surface area contributed by atoms with Gasteiger partial charge in [0.05, 0.1) is 17.5 Å². The van der Waals surface area contributed by atoms with Crippen molar-refractivity contribution in [2.45, 2.75) is 19.9 Å². The van der Waals surface area contributed by atoms with Gasteiger partial charge in [-0.05, 0) is 36.8 Å².